The van der Waals surface area contributed by atoms with Crippen LogP contribution >= 0.6 is 11.8 Å². The molecule has 1 aromatic heterocycles. The van der Waals surface area contributed by atoms with Crippen LogP contribution in [0.1, 0.15) is 44.4 Å². The van der Waals surface area contributed by atoms with Gasteiger partial charge in [-0.05, 0) is 78.8 Å². The number of fused-ring (bicyclic) bond motifs is 2. The highest BCUT2D eigenvalue weighted by Gasteiger charge is 2.42. The van der Waals surface area contributed by atoms with Gasteiger partial charge >= 0.3 is 0 Å². The number of rotatable bonds is 5. The average Bonchev–Trinajstić information content (AvgIpc) is 3.12. The van der Waals surface area contributed by atoms with Gasteiger partial charge in [-0.25, -0.2) is 0 Å². The molecular formula is C28H25NO4S. The molecule has 0 saturated carbocycles. The predicted octanol–water partition coefficient (Wildman–Crippen LogP) is 5.89. The zero-order valence-corrected chi connectivity index (χ0v) is 20.4. The lowest BCUT2D eigenvalue weighted by molar-refractivity contribution is 0.0714. The largest absolute Gasteiger partial charge is 0.497 e. The topological polar surface area (TPSA) is 59.8 Å². The van der Waals surface area contributed by atoms with Crippen LogP contribution < -0.4 is 10.2 Å². The van der Waals surface area contributed by atoms with Crippen molar-refractivity contribution in [3.8, 4) is 5.75 Å². The fourth-order valence-electron chi connectivity index (χ4n) is 4.50. The Morgan fingerprint density at radius 3 is 2.29 bits per heavy atom. The van der Waals surface area contributed by atoms with Gasteiger partial charge in [0.2, 0.25) is 5.76 Å². The van der Waals surface area contributed by atoms with Crippen LogP contribution in [0, 0.1) is 13.8 Å². The fourth-order valence-corrected chi connectivity index (χ4v) is 4.91. The molecule has 0 aliphatic carbocycles. The minimum atomic E-state index is -0.525. The Labute approximate surface area is 202 Å². The lowest BCUT2D eigenvalue weighted by atomic mass is 9.97. The number of aryl methyl sites for hydroxylation is 2. The van der Waals surface area contributed by atoms with E-state index in [1.807, 2.05) is 80.8 Å². The first-order chi connectivity index (χ1) is 16.4. The molecule has 5 rings (SSSR count). The van der Waals surface area contributed by atoms with Gasteiger partial charge in [-0.15, -0.1) is 11.8 Å². The highest BCUT2D eigenvalue weighted by molar-refractivity contribution is 7.98. The molecule has 0 bridgehead atoms. The zero-order chi connectivity index (χ0) is 24.0. The van der Waals surface area contributed by atoms with E-state index in [0.29, 0.717) is 23.1 Å². The highest BCUT2D eigenvalue weighted by atomic mass is 32.2. The summed E-state index contributed by atoms with van der Waals surface area (Å²) in [5.41, 5.74) is 4.56. The van der Waals surface area contributed by atoms with Gasteiger partial charge in [-0.1, -0.05) is 24.3 Å². The van der Waals surface area contributed by atoms with Crippen molar-refractivity contribution >= 4 is 28.6 Å². The Morgan fingerprint density at radius 2 is 1.65 bits per heavy atom. The van der Waals surface area contributed by atoms with Crippen molar-refractivity contribution in [2.24, 2.45) is 0 Å². The van der Waals surface area contributed by atoms with Crippen LogP contribution in [0.5, 0.6) is 5.75 Å². The number of methoxy groups -OCH3 is 1. The second-order valence-corrected chi connectivity index (χ2v) is 9.44. The van der Waals surface area contributed by atoms with Crippen LogP contribution in [0.15, 0.2) is 74.8 Å². The van der Waals surface area contributed by atoms with Crippen molar-refractivity contribution in [2.75, 3.05) is 13.4 Å². The van der Waals surface area contributed by atoms with E-state index in [9.17, 15) is 9.59 Å². The maximum Gasteiger partial charge on any atom is 0.291 e. The van der Waals surface area contributed by atoms with Gasteiger partial charge < -0.3 is 14.1 Å². The van der Waals surface area contributed by atoms with E-state index >= 15 is 0 Å². The zero-order valence-electron chi connectivity index (χ0n) is 19.5. The molecule has 5 nitrogen and oxygen atoms in total. The second-order valence-electron chi connectivity index (χ2n) is 8.56. The molecule has 1 aliphatic rings. The number of ether oxygens (including phenoxy) is 1. The van der Waals surface area contributed by atoms with Crippen molar-refractivity contribution in [3.63, 3.8) is 0 Å². The monoisotopic (exact) mass is 471 g/mol. The summed E-state index contributed by atoms with van der Waals surface area (Å²) in [5.74, 6) is 0.605. The Hall–Kier alpha value is -3.51. The number of hydrogen-bond acceptors (Lipinski definition) is 5. The van der Waals surface area contributed by atoms with Crippen molar-refractivity contribution in [2.45, 2.75) is 31.3 Å². The number of nitrogens with zero attached hydrogens (tertiary/aromatic N) is 1. The lowest BCUT2D eigenvalue weighted by Crippen LogP contribution is -2.29. The average molecular weight is 472 g/mol. The summed E-state index contributed by atoms with van der Waals surface area (Å²) in [5, 5.41) is 0.506. The van der Waals surface area contributed by atoms with Crippen LogP contribution in [0.3, 0.4) is 0 Å². The van der Waals surface area contributed by atoms with Gasteiger partial charge in [0.1, 0.15) is 11.3 Å². The van der Waals surface area contributed by atoms with Crippen molar-refractivity contribution in [3.05, 3.63) is 104 Å². The molecule has 3 aromatic carbocycles. The molecule has 4 aromatic rings. The number of carbonyl (C=O) groups excluding carboxylic acids is 1. The summed E-state index contributed by atoms with van der Waals surface area (Å²) in [6.45, 7) is 4.28. The summed E-state index contributed by atoms with van der Waals surface area (Å²) in [7, 11) is 1.62. The first-order valence-electron chi connectivity index (χ1n) is 11.1. The smallest absolute Gasteiger partial charge is 0.291 e. The Morgan fingerprint density at radius 1 is 0.971 bits per heavy atom. The first kappa shape index (κ1) is 22.3. The SMILES string of the molecule is COc1ccc(CN2C(=O)c3oc4cc(C)c(C)cc4c(=O)c3C2c2ccc(SC)cc2)cc1. The van der Waals surface area contributed by atoms with E-state index < -0.39 is 6.04 Å². The highest BCUT2D eigenvalue weighted by Crippen LogP contribution is 2.40. The maximum absolute atomic E-state index is 13.8. The number of hydrogen-bond donors (Lipinski definition) is 0. The number of thioether (sulfide) groups is 1. The Kier molecular flexibility index (Phi) is 5.70. The number of carbonyl (C=O) groups is 1. The third kappa shape index (κ3) is 3.68. The predicted molar refractivity (Wildman–Crippen MR) is 135 cm³/mol. The molecule has 2 heterocycles. The van der Waals surface area contributed by atoms with E-state index in [1.54, 1.807) is 23.8 Å². The fraction of sp³-hybridized carbons (Fsp3) is 0.214. The molecule has 1 atom stereocenters. The molecule has 1 unspecified atom stereocenters. The third-order valence-corrected chi connectivity index (χ3v) is 7.27. The van der Waals surface area contributed by atoms with Crippen molar-refractivity contribution < 1.29 is 13.9 Å². The molecule has 34 heavy (non-hydrogen) atoms. The summed E-state index contributed by atoms with van der Waals surface area (Å²) < 4.78 is 11.4. The number of amides is 1. The van der Waals surface area contributed by atoms with Gasteiger partial charge in [-0.3, -0.25) is 9.59 Å². The van der Waals surface area contributed by atoms with E-state index in [-0.39, 0.29) is 17.1 Å². The summed E-state index contributed by atoms with van der Waals surface area (Å²) in [6, 6.07) is 18.8. The Balaban J connectivity index is 1.69. The van der Waals surface area contributed by atoms with Crippen LogP contribution in [-0.4, -0.2) is 24.2 Å². The minimum absolute atomic E-state index is 0.133. The molecule has 0 saturated heterocycles. The molecule has 1 aliphatic heterocycles. The quantitative estimate of drug-likeness (QED) is 0.340. The van der Waals surface area contributed by atoms with Gasteiger partial charge in [-0.2, -0.15) is 0 Å². The van der Waals surface area contributed by atoms with Gasteiger partial charge in [0.05, 0.1) is 24.1 Å². The molecule has 0 N–H and O–H groups in total. The molecule has 0 fully saturated rings. The summed E-state index contributed by atoms with van der Waals surface area (Å²) >= 11 is 1.65. The van der Waals surface area contributed by atoms with Gasteiger partial charge in [0.15, 0.2) is 5.43 Å². The molecule has 1 amide bonds. The first-order valence-corrected chi connectivity index (χ1v) is 12.3. The maximum atomic E-state index is 13.8. The summed E-state index contributed by atoms with van der Waals surface area (Å²) in [4.78, 5) is 30.2. The van der Waals surface area contributed by atoms with E-state index in [2.05, 4.69) is 0 Å². The Bertz CT molecular complexity index is 1460. The van der Waals surface area contributed by atoms with Crippen LogP contribution in [0.2, 0.25) is 0 Å². The molecule has 0 spiro atoms. The standard InChI is InChI=1S/C28H25NO4S/c1-16-13-22-23(14-17(16)2)33-27-24(26(22)30)25(19-7-11-21(34-4)12-8-19)29(28(27)31)15-18-5-9-20(32-3)10-6-18/h5-14,25H,15H2,1-4H3. The van der Waals surface area contributed by atoms with Crippen molar-refractivity contribution in [1.82, 2.24) is 4.90 Å². The molecule has 0 radical (unpaired) electrons. The second kappa shape index (κ2) is 8.69. The van der Waals surface area contributed by atoms with Crippen LogP contribution in [0.4, 0.5) is 0 Å². The number of benzene rings is 3. The molecule has 172 valence electrons. The third-order valence-electron chi connectivity index (χ3n) is 6.53. The van der Waals surface area contributed by atoms with Crippen molar-refractivity contribution in [1.29, 1.82) is 0 Å². The molecular weight excluding hydrogens is 446 g/mol. The van der Waals surface area contributed by atoms with Crippen LogP contribution in [-0.2, 0) is 6.54 Å². The minimum Gasteiger partial charge on any atom is -0.497 e. The normalized spacial score (nSPS) is 15.1. The molecule has 6 heteroatoms. The van der Waals surface area contributed by atoms with Gasteiger partial charge in [0.25, 0.3) is 5.91 Å². The van der Waals surface area contributed by atoms with E-state index in [1.165, 1.54) is 0 Å². The van der Waals surface area contributed by atoms with E-state index in [4.69, 9.17) is 9.15 Å². The van der Waals surface area contributed by atoms with Gasteiger partial charge in [0, 0.05) is 11.4 Å². The lowest BCUT2D eigenvalue weighted by Gasteiger charge is -2.25. The van der Waals surface area contributed by atoms with Crippen LogP contribution in [0.25, 0.3) is 11.0 Å². The van der Waals surface area contributed by atoms with E-state index in [0.717, 1.165) is 32.9 Å². The summed E-state index contributed by atoms with van der Waals surface area (Å²) in [6.07, 6.45) is 2.02.